The summed E-state index contributed by atoms with van der Waals surface area (Å²) in [6, 6.07) is 3.98. The van der Waals surface area contributed by atoms with Crippen LogP contribution in [0.4, 0.5) is 14.0 Å². The molecule has 3 rings (SSSR count). The number of hydrogen-bond acceptors (Lipinski definition) is 4. The van der Waals surface area contributed by atoms with Gasteiger partial charge >= 0.3 is 12.2 Å². The molecule has 0 aliphatic carbocycles. The van der Waals surface area contributed by atoms with Gasteiger partial charge in [-0.05, 0) is 18.2 Å². The number of rotatable bonds is 1. The smallest absolute Gasteiger partial charge is 0.416 e. The van der Waals surface area contributed by atoms with Crippen LogP contribution in [0.3, 0.4) is 0 Å². The Kier molecular flexibility index (Phi) is 3.53. The van der Waals surface area contributed by atoms with Crippen molar-refractivity contribution in [1.29, 1.82) is 0 Å². The van der Waals surface area contributed by atoms with E-state index >= 15 is 0 Å². The number of aromatic nitrogens is 2. The van der Waals surface area contributed by atoms with Crippen LogP contribution in [0.25, 0.3) is 10.9 Å². The molecule has 2 amide bonds. The summed E-state index contributed by atoms with van der Waals surface area (Å²) in [5, 5.41) is 15.8. The first-order valence-electron chi connectivity index (χ1n) is 6.63. The Morgan fingerprint density at radius 3 is 2.59 bits per heavy atom. The first-order valence-corrected chi connectivity index (χ1v) is 6.63. The molecule has 2 aromatic rings. The molecule has 0 spiro atoms. The van der Waals surface area contributed by atoms with Gasteiger partial charge in [0.05, 0.1) is 10.9 Å². The van der Waals surface area contributed by atoms with Gasteiger partial charge in [0, 0.05) is 26.2 Å². The van der Waals surface area contributed by atoms with Gasteiger partial charge in [0.25, 0.3) is 5.88 Å². The van der Waals surface area contributed by atoms with Crippen molar-refractivity contribution < 1.29 is 23.8 Å². The largest absolute Gasteiger partial charge is 0.465 e. The lowest BCUT2D eigenvalue weighted by Crippen LogP contribution is -2.51. The Morgan fingerprint density at radius 1 is 1.23 bits per heavy atom. The number of nitrogens with one attached hydrogen (secondary N) is 1. The summed E-state index contributed by atoms with van der Waals surface area (Å²) in [4.78, 5) is 25.5. The molecule has 1 aromatic heterocycles. The van der Waals surface area contributed by atoms with Gasteiger partial charge in [0.1, 0.15) is 5.82 Å². The number of piperazine rings is 1. The van der Waals surface area contributed by atoms with Crippen LogP contribution >= 0.6 is 0 Å². The van der Waals surface area contributed by atoms with Gasteiger partial charge in [0.15, 0.2) is 0 Å². The second-order valence-corrected chi connectivity index (χ2v) is 4.84. The molecular weight excluding hydrogens is 295 g/mol. The summed E-state index contributed by atoms with van der Waals surface area (Å²) in [6.07, 6.45) is -1.61. The normalized spacial score (nSPS) is 15.1. The van der Waals surface area contributed by atoms with Gasteiger partial charge in [0.2, 0.25) is 0 Å². The van der Waals surface area contributed by atoms with Crippen LogP contribution in [0.5, 0.6) is 5.88 Å². The van der Waals surface area contributed by atoms with Crippen LogP contribution in [-0.4, -0.2) is 63.5 Å². The van der Waals surface area contributed by atoms with Gasteiger partial charge in [-0.25, -0.2) is 14.0 Å². The summed E-state index contributed by atoms with van der Waals surface area (Å²) in [5.74, 6) is -0.348. The van der Waals surface area contributed by atoms with E-state index in [2.05, 4.69) is 10.2 Å². The highest BCUT2D eigenvalue weighted by Crippen LogP contribution is 2.23. The van der Waals surface area contributed by atoms with E-state index in [9.17, 15) is 14.0 Å². The highest BCUT2D eigenvalue weighted by Gasteiger charge is 2.25. The second kappa shape index (κ2) is 5.51. The summed E-state index contributed by atoms with van der Waals surface area (Å²) < 4.78 is 18.3. The average molecular weight is 308 g/mol. The van der Waals surface area contributed by atoms with Crippen LogP contribution < -0.4 is 4.74 Å². The van der Waals surface area contributed by atoms with Crippen molar-refractivity contribution in [2.24, 2.45) is 0 Å². The summed E-state index contributed by atoms with van der Waals surface area (Å²) in [7, 11) is 0. The number of hydrogen-bond donors (Lipinski definition) is 2. The predicted octanol–water partition coefficient (Wildman–Crippen LogP) is 1.50. The number of benzene rings is 1. The molecule has 0 bridgehead atoms. The third kappa shape index (κ3) is 2.65. The Balaban J connectivity index is 1.68. The lowest BCUT2D eigenvalue weighted by molar-refractivity contribution is 0.0969. The molecule has 8 nitrogen and oxygen atoms in total. The van der Waals surface area contributed by atoms with E-state index in [0.29, 0.717) is 10.9 Å². The number of carboxylic acid groups (broad SMARTS) is 1. The number of carbonyl (C=O) groups excluding carboxylic acids is 1. The second-order valence-electron chi connectivity index (χ2n) is 4.84. The maximum atomic E-state index is 13.1. The van der Waals surface area contributed by atoms with Crippen molar-refractivity contribution in [2.45, 2.75) is 0 Å². The van der Waals surface area contributed by atoms with Gasteiger partial charge in [-0.15, -0.1) is 5.10 Å². The number of H-pyrrole nitrogens is 1. The molecule has 0 radical (unpaired) electrons. The van der Waals surface area contributed by atoms with Crippen LogP contribution in [0.2, 0.25) is 0 Å². The number of fused-ring (bicyclic) bond motifs is 1. The van der Waals surface area contributed by atoms with E-state index in [4.69, 9.17) is 9.84 Å². The summed E-state index contributed by atoms with van der Waals surface area (Å²) >= 11 is 0. The summed E-state index contributed by atoms with van der Waals surface area (Å²) in [6.45, 7) is 0.970. The molecule has 9 heteroatoms. The van der Waals surface area contributed by atoms with Gasteiger partial charge < -0.3 is 19.6 Å². The van der Waals surface area contributed by atoms with Crippen molar-refractivity contribution in [3.63, 3.8) is 0 Å². The Hall–Kier alpha value is -2.84. The van der Waals surface area contributed by atoms with Gasteiger partial charge in [-0.3, -0.25) is 5.10 Å². The Morgan fingerprint density at radius 2 is 1.91 bits per heavy atom. The van der Waals surface area contributed by atoms with Gasteiger partial charge in [-0.2, -0.15) is 0 Å². The predicted molar refractivity (Wildman–Crippen MR) is 73.2 cm³/mol. The molecule has 116 valence electrons. The van der Waals surface area contributed by atoms with Crippen LogP contribution in [0, 0.1) is 5.82 Å². The first-order chi connectivity index (χ1) is 10.5. The molecule has 1 aliphatic rings. The maximum absolute atomic E-state index is 13.1. The molecule has 22 heavy (non-hydrogen) atoms. The fourth-order valence-corrected chi connectivity index (χ4v) is 2.27. The fraction of sp³-hybridized carbons (Fsp3) is 0.308. The topological polar surface area (TPSA) is 98.8 Å². The van der Waals surface area contributed by atoms with Crippen molar-refractivity contribution in [1.82, 2.24) is 20.0 Å². The molecule has 1 aromatic carbocycles. The third-order valence-corrected chi connectivity index (χ3v) is 3.48. The van der Waals surface area contributed by atoms with Crippen LogP contribution in [0.15, 0.2) is 18.2 Å². The Bertz CT molecular complexity index is 724. The molecule has 1 saturated heterocycles. The SMILES string of the molecule is O=C(O)N1CCN(C(=O)Oc2n[nH]c3cc(F)ccc23)CC1. The molecular formula is C13H13FN4O4. The minimum absolute atomic E-state index is 0.0701. The number of carbonyl (C=O) groups is 2. The quantitative estimate of drug-likeness (QED) is 0.831. The van der Waals surface area contributed by atoms with Crippen LogP contribution in [-0.2, 0) is 0 Å². The van der Waals surface area contributed by atoms with E-state index in [1.165, 1.54) is 28.0 Å². The maximum Gasteiger partial charge on any atom is 0.416 e. The van der Waals surface area contributed by atoms with E-state index in [0.717, 1.165) is 0 Å². The fourth-order valence-electron chi connectivity index (χ4n) is 2.27. The van der Waals surface area contributed by atoms with Crippen molar-refractivity contribution in [3.05, 3.63) is 24.0 Å². The van der Waals surface area contributed by atoms with E-state index in [-0.39, 0.29) is 32.1 Å². The van der Waals surface area contributed by atoms with Crippen LogP contribution in [0.1, 0.15) is 0 Å². The average Bonchev–Trinajstić information content (AvgIpc) is 2.89. The van der Waals surface area contributed by atoms with Crippen molar-refractivity contribution >= 4 is 23.1 Å². The molecule has 1 fully saturated rings. The van der Waals surface area contributed by atoms with E-state index in [1.807, 2.05) is 0 Å². The van der Waals surface area contributed by atoms with Crippen molar-refractivity contribution in [2.75, 3.05) is 26.2 Å². The van der Waals surface area contributed by atoms with Crippen molar-refractivity contribution in [3.8, 4) is 5.88 Å². The minimum atomic E-state index is -1.01. The van der Waals surface area contributed by atoms with E-state index in [1.54, 1.807) is 0 Å². The first kappa shape index (κ1) is 14.1. The standard InChI is InChI=1S/C13H13FN4O4/c14-8-1-2-9-10(7-8)15-16-11(9)22-13(21)18-5-3-17(4-6-18)12(19)20/h1-2,7H,3-6H2,(H,15,16)(H,19,20). The zero-order valence-corrected chi connectivity index (χ0v) is 11.5. The number of nitrogens with zero attached hydrogens (tertiary/aromatic N) is 3. The highest BCUT2D eigenvalue weighted by molar-refractivity contribution is 5.86. The van der Waals surface area contributed by atoms with Gasteiger partial charge in [-0.1, -0.05) is 0 Å². The third-order valence-electron chi connectivity index (χ3n) is 3.48. The molecule has 0 atom stereocenters. The lowest BCUT2D eigenvalue weighted by atomic mass is 10.2. The number of ether oxygens (including phenoxy) is 1. The molecule has 2 heterocycles. The number of aromatic amines is 1. The minimum Gasteiger partial charge on any atom is -0.465 e. The molecule has 0 unspecified atom stereocenters. The molecule has 1 aliphatic heterocycles. The Labute approximate surface area is 124 Å². The zero-order chi connectivity index (χ0) is 15.7. The number of halogens is 1. The van der Waals surface area contributed by atoms with E-state index < -0.39 is 18.0 Å². The summed E-state index contributed by atoms with van der Waals surface area (Å²) in [5.41, 5.74) is 0.429. The monoisotopic (exact) mass is 308 g/mol. The zero-order valence-electron chi connectivity index (χ0n) is 11.5. The molecule has 0 saturated carbocycles. The lowest BCUT2D eigenvalue weighted by Gasteiger charge is -2.32. The molecule has 2 N–H and O–H groups in total. The number of amides is 2. The highest BCUT2D eigenvalue weighted by atomic mass is 19.1.